The van der Waals surface area contributed by atoms with E-state index in [1.807, 2.05) is 25.1 Å². The zero-order valence-corrected chi connectivity index (χ0v) is 12.0. The minimum atomic E-state index is -0.555. The van der Waals surface area contributed by atoms with Crippen LogP contribution in [0.15, 0.2) is 36.4 Å². The Morgan fingerprint density at radius 3 is 2.40 bits per heavy atom. The summed E-state index contributed by atoms with van der Waals surface area (Å²) in [6, 6.07) is 10.00. The van der Waals surface area contributed by atoms with Gasteiger partial charge >= 0.3 is 0 Å². The Labute approximate surface area is 118 Å². The van der Waals surface area contributed by atoms with E-state index >= 15 is 0 Å². The van der Waals surface area contributed by atoms with Gasteiger partial charge < -0.3 is 5.32 Å². The van der Waals surface area contributed by atoms with E-state index in [0.29, 0.717) is 18.2 Å². The molecule has 3 heteroatoms. The molecule has 20 heavy (non-hydrogen) atoms. The molecule has 0 fully saturated rings. The molecule has 0 amide bonds. The number of hydrogen-bond donors (Lipinski definition) is 1. The van der Waals surface area contributed by atoms with Gasteiger partial charge in [-0.15, -0.1) is 0 Å². The lowest BCUT2D eigenvalue weighted by Gasteiger charge is -2.14. The molecule has 2 aromatic rings. The quantitative estimate of drug-likeness (QED) is 0.870. The van der Waals surface area contributed by atoms with Gasteiger partial charge in [-0.3, -0.25) is 0 Å². The molecule has 0 radical (unpaired) electrons. The van der Waals surface area contributed by atoms with E-state index < -0.39 is 11.6 Å². The summed E-state index contributed by atoms with van der Waals surface area (Å²) in [5, 5.41) is 3.33. The van der Waals surface area contributed by atoms with Crippen molar-refractivity contribution in [1.29, 1.82) is 0 Å². The van der Waals surface area contributed by atoms with Crippen molar-refractivity contribution >= 4 is 0 Å². The van der Waals surface area contributed by atoms with E-state index in [0.717, 1.165) is 22.8 Å². The fourth-order valence-electron chi connectivity index (χ4n) is 2.12. The van der Waals surface area contributed by atoms with E-state index in [1.165, 1.54) is 12.1 Å². The predicted molar refractivity (Wildman–Crippen MR) is 78.5 cm³/mol. The second-order valence-electron chi connectivity index (χ2n) is 5.32. The Hall–Kier alpha value is -1.74. The molecule has 0 saturated heterocycles. The van der Waals surface area contributed by atoms with Gasteiger partial charge in [0.2, 0.25) is 0 Å². The number of hydrogen-bond acceptors (Lipinski definition) is 1. The Morgan fingerprint density at radius 1 is 1.00 bits per heavy atom. The third kappa shape index (κ3) is 3.42. The van der Waals surface area contributed by atoms with Crippen LogP contribution in [0.3, 0.4) is 0 Å². The van der Waals surface area contributed by atoms with E-state index in [-0.39, 0.29) is 0 Å². The molecule has 0 heterocycles. The second-order valence-corrected chi connectivity index (χ2v) is 5.32. The molecular weight excluding hydrogens is 256 g/mol. The van der Waals surface area contributed by atoms with Crippen LogP contribution in [0.1, 0.15) is 25.0 Å². The van der Waals surface area contributed by atoms with Crippen molar-refractivity contribution in [1.82, 2.24) is 5.32 Å². The molecule has 0 bridgehead atoms. The van der Waals surface area contributed by atoms with Gasteiger partial charge in [0.25, 0.3) is 0 Å². The first-order chi connectivity index (χ1) is 9.47. The predicted octanol–water partition coefficient (Wildman–Crippen LogP) is 4.44. The minimum absolute atomic E-state index is 0.349. The van der Waals surface area contributed by atoms with Crippen molar-refractivity contribution in [3.8, 4) is 11.1 Å². The molecule has 0 aromatic heterocycles. The first-order valence-corrected chi connectivity index (χ1v) is 6.75. The lowest BCUT2D eigenvalue weighted by molar-refractivity contribution is 0.583. The van der Waals surface area contributed by atoms with Gasteiger partial charge in [0.1, 0.15) is 11.6 Å². The second kappa shape index (κ2) is 6.14. The van der Waals surface area contributed by atoms with Crippen molar-refractivity contribution in [3.05, 3.63) is 59.2 Å². The number of halogens is 2. The summed E-state index contributed by atoms with van der Waals surface area (Å²) in [4.78, 5) is 0. The Kier molecular flexibility index (Phi) is 4.50. The molecule has 2 aromatic carbocycles. The van der Waals surface area contributed by atoms with Crippen molar-refractivity contribution in [2.45, 2.75) is 33.4 Å². The smallest absolute Gasteiger partial charge is 0.133 e. The highest BCUT2D eigenvalue weighted by Gasteiger charge is 2.11. The van der Waals surface area contributed by atoms with Crippen molar-refractivity contribution in [3.63, 3.8) is 0 Å². The maximum atomic E-state index is 14.0. The Morgan fingerprint density at radius 2 is 1.75 bits per heavy atom. The first kappa shape index (κ1) is 14.7. The summed E-state index contributed by atoms with van der Waals surface area (Å²) in [5.41, 5.74) is 3.32. The van der Waals surface area contributed by atoms with E-state index in [1.54, 1.807) is 0 Å². The molecule has 1 N–H and O–H groups in total. The summed E-state index contributed by atoms with van der Waals surface area (Å²) in [7, 11) is 0. The van der Waals surface area contributed by atoms with Crippen LogP contribution in [0.5, 0.6) is 0 Å². The third-order valence-electron chi connectivity index (χ3n) is 3.19. The topological polar surface area (TPSA) is 12.0 Å². The van der Waals surface area contributed by atoms with Crippen molar-refractivity contribution < 1.29 is 8.78 Å². The summed E-state index contributed by atoms with van der Waals surface area (Å²) >= 11 is 0. The Balaban J connectivity index is 2.45. The number of rotatable bonds is 4. The Bertz CT molecular complexity index is 606. The third-order valence-corrected chi connectivity index (χ3v) is 3.19. The van der Waals surface area contributed by atoms with Crippen LogP contribution < -0.4 is 5.32 Å². The van der Waals surface area contributed by atoms with Gasteiger partial charge in [-0.05, 0) is 30.2 Å². The zero-order valence-electron chi connectivity index (χ0n) is 12.0. The molecule has 0 atom stereocenters. The van der Waals surface area contributed by atoms with Crippen LogP contribution in [0, 0.1) is 18.6 Å². The largest absolute Gasteiger partial charge is 0.310 e. The van der Waals surface area contributed by atoms with Crippen molar-refractivity contribution in [2.75, 3.05) is 0 Å². The fraction of sp³-hybridized carbons (Fsp3) is 0.294. The summed E-state index contributed by atoms with van der Waals surface area (Å²) in [6.07, 6.45) is 0. The molecule has 1 nitrogen and oxygen atoms in total. The van der Waals surface area contributed by atoms with Gasteiger partial charge in [-0.2, -0.15) is 0 Å². The van der Waals surface area contributed by atoms with Crippen LogP contribution >= 0.6 is 0 Å². The van der Waals surface area contributed by atoms with Crippen LogP contribution in [-0.2, 0) is 6.54 Å². The van der Waals surface area contributed by atoms with Gasteiger partial charge in [0.15, 0.2) is 0 Å². The van der Waals surface area contributed by atoms with E-state index in [2.05, 4.69) is 19.2 Å². The normalized spacial score (nSPS) is 11.1. The monoisotopic (exact) mass is 275 g/mol. The zero-order chi connectivity index (χ0) is 14.7. The highest BCUT2D eigenvalue weighted by molar-refractivity contribution is 5.68. The number of aryl methyl sites for hydroxylation is 1. The lowest BCUT2D eigenvalue weighted by atomic mass is 9.97. The molecule has 106 valence electrons. The maximum absolute atomic E-state index is 14.0. The number of benzene rings is 2. The van der Waals surface area contributed by atoms with Gasteiger partial charge in [0, 0.05) is 24.2 Å². The van der Waals surface area contributed by atoms with Gasteiger partial charge in [0.05, 0.1) is 0 Å². The van der Waals surface area contributed by atoms with Crippen LogP contribution in [0.25, 0.3) is 11.1 Å². The molecule has 0 aliphatic heterocycles. The molecule has 2 rings (SSSR count). The maximum Gasteiger partial charge on any atom is 0.133 e. The van der Waals surface area contributed by atoms with Crippen LogP contribution in [-0.4, -0.2) is 6.04 Å². The molecule has 0 unspecified atom stereocenters. The molecule has 0 spiro atoms. The van der Waals surface area contributed by atoms with Crippen molar-refractivity contribution in [2.24, 2.45) is 0 Å². The molecule has 0 aliphatic carbocycles. The molecule has 0 aliphatic rings. The molecular formula is C17H19F2N. The van der Waals surface area contributed by atoms with Crippen LogP contribution in [0.4, 0.5) is 8.78 Å². The summed E-state index contributed by atoms with van der Waals surface area (Å²) in [5.74, 6) is -1.08. The average Bonchev–Trinajstić information content (AvgIpc) is 2.37. The molecule has 0 saturated carbocycles. The average molecular weight is 275 g/mol. The summed E-state index contributed by atoms with van der Waals surface area (Å²) < 4.78 is 27.0. The summed E-state index contributed by atoms with van der Waals surface area (Å²) in [6.45, 7) is 6.74. The lowest BCUT2D eigenvalue weighted by Crippen LogP contribution is -2.22. The first-order valence-electron chi connectivity index (χ1n) is 6.75. The number of nitrogens with one attached hydrogen (secondary N) is 1. The highest BCUT2D eigenvalue weighted by Crippen LogP contribution is 2.28. The fourth-order valence-corrected chi connectivity index (χ4v) is 2.12. The van der Waals surface area contributed by atoms with Gasteiger partial charge in [-0.1, -0.05) is 37.6 Å². The minimum Gasteiger partial charge on any atom is -0.310 e. The van der Waals surface area contributed by atoms with Crippen LogP contribution in [0.2, 0.25) is 0 Å². The van der Waals surface area contributed by atoms with E-state index in [9.17, 15) is 8.78 Å². The SMILES string of the molecule is Cc1ccc(CNC(C)C)c(-c2ccc(F)cc2F)c1. The van der Waals surface area contributed by atoms with Gasteiger partial charge in [-0.25, -0.2) is 8.78 Å². The standard InChI is InChI=1S/C17H19F2N/c1-11(2)20-10-13-5-4-12(3)8-16(13)15-7-6-14(18)9-17(15)19/h4-9,11,20H,10H2,1-3H3. The van der Waals surface area contributed by atoms with E-state index in [4.69, 9.17) is 0 Å². The highest BCUT2D eigenvalue weighted by atomic mass is 19.1.